The zero-order valence-corrected chi connectivity index (χ0v) is 7.81. The topological polar surface area (TPSA) is 34.1 Å². The minimum absolute atomic E-state index is 0.103. The summed E-state index contributed by atoms with van der Waals surface area (Å²) in [4.78, 5) is 0. The molecule has 0 aliphatic rings. The SMILES string of the molecule is CC(C(F)(F)F)(C(F)(F)F)S(C)(=O)=O. The molecule has 9 heteroatoms. The fraction of sp³-hybridized carbons (Fsp3) is 1.00. The van der Waals surface area contributed by atoms with E-state index in [1.807, 2.05) is 0 Å². The highest BCUT2D eigenvalue weighted by Gasteiger charge is 2.73. The molecule has 86 valence electrons. The highest BCUT2D eigenvalue weighted by atomic mass is 32.2. The van der Waals surface area contributed by atoms with Crippen LogP contribution < -0.4 is 0 Å². The van der Waals surface area contributed by atoms with Gasteiger partial charge < -0.3 is 0 Å². The molecule has 0 bridgehead atoms. The molecule has 0 saturated heterocycles. The van der Waals surface area contributed by atoms with Crippen LogP contribution in [0.2, 0.25) is 0 Å². The first-order valence-corrected chi connectivity index (χ1v) is 4.97. The van der Waals surface area contributed by atoms with Gasteiger partial charge in [-0.1, -0.05) is 0 Å². The molecule has 0 atom stereocenters. The van der Waals surface area contributed by atoms with Crippen LogP contribution in [0.3, 0.4) is 0 Å². The first kappa shape index (κ1) is 13.5. The maximum absolute atomic E-state index is 12.0. The molecule has 0 saturated carbocycles. The average molecular weight is 244 g/mol. The van der Waals surface area contributed by atoms with Crippen molar-refractivity contribution < 1.29 is 34.8 Å². The Morgan fingerprint density at radius 2 is 1.07 bits per heavy atom. The second-order valence-electron chi connectivity index (χ2n) is 2.80. The molecule has 0 aliphatic carbocycles. The number of hydrogen-bond donors (Lipinski definition) is 0. The third-order valence-corrected chi connectivity index (χ3v) is 3.77. The van der Waals surface area contributed by atoms with Crippen LogP contribution in [0.15, 0.2) is 0 Å². The zero-order valence-electron chi connectivity index (χ0n) is 6.99. The summed E-state index contributed by atoms with van der Waals surface area (Å²) < 4.78 is 88.3. The summed E-state index contributed by atoms with van der Waals surface area (Å²) in [6.45, 7) is -0.400. The highest BCUT2D eigenvalue weighted by Crippen LogP contribution is 2.47. The van der Waals surface area contributed by atoms with E-state index in [-0.39, 0.29) is 6.26 Å². The van der Waals surface area contributed by atoms with Gasteiger partial charge in [0.25, 0.3) is 4.75 Å². The standard InChI is InChI=1S/C5H6F6O2S/c1-3(4(6,7)8,5(9,10)11)14(2,12)13/h1-2H3. The van der Waals surface area contributed by atoms with Crippen molar-refractivity contribution in [3.8, 4) is 0 Å². The molecular formula is C5H6F6O2S. The average Bonchev–Trinajstić information content (AvgIpc) is 1.77. The molecule has 0 radical (unpaired) electrons. The predicted molar refractivity (Wildman–Crippen MR) is 35.4 cm³/mol. The Morgan fingerprint density at radius 1 is 0.857 bits per heavy atom. The number of sulfone groups is 1. The fourth-order valence-electron chi connectivity index (χ4n) is 0.581. The molecule has 0 unspecified atom stereocenters. The van der Waals surface area contributed by atoms with Crippen LogP contribution in [0.5, 0.6) is 0 Å². The molecule has 0 heterocycles. The maximum Gasteiger partial charge on any atom is 0.416 e. The van der Waals surface area contributed by atoms with Gasteiger partial charge in [0, 0.05) is 6.26 Å². The monoisotopic (exact) mass is 244 g/mol. The van der Waals surface area contributed by atoms with Crippen molar-refractivity contribution in [3.63, 3.8) is 0 Å². The first-order chi connectivity index (χ1) is 5.75. The summed E-state index contributed by atoms with van der Waals surface area (Å²) in [5.74, 6) is 0. The minimum atomic E-state index is -5.89. The zero-order chi connectivity index (χ0) is 12.0. The van der Waals surface area contributed by atoms with E-state index in [9.17, 15) is 34.8 Å². The summed E-state index contributed by atoms with van der Waals surface area (Å²) in [7, 11) is -5.33. The molecular weight excluding hydrogens is 238 g/mol. The molecule has 2 nitrogen and oxygen atoms in total. The van der Waals surface area contributed by atoms with Gasteiger partial charge in [0.15, 0.2) is 9.84 Å². The van der Waals surface area contributed by atoms with Crippen LogP contribution in [0.1, 0.15) is 6.92 Å². The Hall–Kier alpha value is -0.470. The van der Waals surface area contributed by atoms with E-state index >= 15 is 0 Å². The quantitative estimate of drug-likeness (QED) is 0.660. The maximum atomic E-state index is 12.0. The van der Waals surface area contributed by atoms with Crippen molar-refractivity contribution in [3.05, 3.63) is 0 Å². The van der Waals surface area contributed by atoms with Crippen molar-refractivity contribution in [1.82, 2.24) is 0 Å². The lowest BCUT2D eigenvalue weighted by Crippen LogP contribution is -2.59. The van der Waals surface area contributed by atoms with Gasteiger partial charge in [-0.15, -0.1) is 0 Å². The third kappa shape index (κ3) is 1.82. The lowest BCUT2D eigenvalue weighted by Gasteiger charge is -2.31. The van der Waals surface area contributed by atoms with Crippen LogP contribution in [-0.2, 0) is 9.84 Å². The van der Waals surface area contributed by atoms with Crippen molar-refractivity contribution in [2.24, 2.45) is 0 Å². The molecule has 0 fully saturated rings. The van der Waals surface area contributed by atoms with Gasteiger partial charge in [-0.25, -0.2) is 8.42 Å². The van der Waals surface area contributed by atoms with E-state index in [0.717, 1.165) is 0 Å². The molecule has 14 heavy (non-hydrogen) atoms. The van der Waals surface area contributed by atoms with Crippen molar-refractivity contribution in [1.29, 1.82) is 0 Å². The van der Waals surface area contributed by atoms with E-state index < -0.39 is 33.9 Å². The Balaban J connectivity index is 5.81. The molecule has 0 aliphatic heterocycles. The van der Waals surface area contributed by atoms with Crippen LogP contribution in [0, 0.1) is 0 Å². The Bertz CT molecular complexity index is 296. The number of alkyl halides is 6. The summed E-state index contributed by atoms with van der Waals surface area (Å²) in [6.07, 6.45) is -11.9. The number of halogens is 6. The van der Waals surface area contributed by atoms with Gasteiger partial charge in [0.2, 0.25) is 0 Å². The molecule has 0 aromatic heterocycles. The normalized spacial score (nSPS) is 15.7. The molecule has 0 spiro atoms. The van der Waals surface area contributed by atoms with Gasteiger partial charge in [-0.3, -0.25) is 0 Å². The lowest BCUT2D eigenvalue weighted by atomic mass is 10.1. The van der Waals surface area contributed by atoms with Crippen molar-refractivity contribution in [2.45, 2.75) is 24.0 Å². The second-order valence-corrected chi connectivity index (χ2v) is 5.16. The Kier molecular flexibility index (Phi) is 2.91. The minimum Gasteiger partial charge on any atom is -0.228 e. The van der Waals surface area contributed by atoms with E-state index in [4.69, 9.17) is 0 Å². The number of hydrogen-bond acceptors (Lipinski definition) is 2. The van der Waals surface area contributed by atoms with Crippen molar-refractivity contribution >= 4 is 9.84 Å². The number of rotatable bonds is 1. The molecule has 0 rings (SSSR count). The summed E-state index contributed by atoms with van der Waals surface area (Å²) >= 11 is 0. The first-order valence-electron chi connectivity index (χ1n) is 3.08. The summed E-state index contributed by atoms with van der Waals surface area (Å²) in [5, 5.41) is 0. The third-order valence-electron chi connectivity index (χ3n) is 1.82. The van der Waals surface area contributed by atoms with E-state index in [2.05, 4.69) is 0 Å². The Labute approximate surface area is 75.8 Å². The Morgan fingerprint density at radius 3 is 1.07 bits per heavy atom. The van der Waals surface area contributed by atoms with Gasteiger partial charge in [0.05, 0.1) is 0 Å². The van der Waals surface area contributed by atoms with Crippen LogP contribution in [0.25, 0.3) is 0 Å². The van der Waals surface area contributed by atoms with Gasteiger partial charge in [0.1, 0.15) is 0 Å². The van der Waals surface area contributed by atoms with E-state index in [1.54, 1.807) is 0 Å². The molecule has 0 aromatic carbocycles. The largest absolute Gasteiger partial charge is 0.416 e. The van der Waals surface area contributed by atoms with Crippen LogP contribution >= 0.6 is 0 Å². The van der Waals surface area contributed by atoms with E-state index in [0.29, 0.717) is 0 Å². The van der Waals surface area contributed by atoms with Crippen LogP contribution in [-0.4, -0.2) is 31.8 Å². The molecule has 0 amide bonds. The van der Waals surface area contributed by atoms with Gasteiger partial charge in [-0.05, 0) is 6.92 Å². The van der Waals surface area contributed by atoms with Crippen LogP contribution in [0.4, 0.5) is 26.3 Å². The van der Waals surface area contributed by atoms with Gasteiger partial charge >= 0.3 is 12.4 Å². The molecule has 0 N–H and O–H groups in total. The smallest absolute Gasteiger partial charge is 0.228 e. The van der Waals surface area contributed by atoms with Gasteiger partial charge in [-0.2, -0.15) is 26.3 Å². The fourth-order valence-corrected chi connectivity index (χ4v) is 1.42. The van der Waals surface area contributed by atoms with Crippen molar-refractivity contribution in [2.75, 3.05) is 6.26 Å². The predicted octanol–water partition coefficient (Wildman–Crippen LogP) is 1.91. The summed E-state index contributed by atoms with van der Waals surface area (Å²) in [6, 6.07) is 0. The summed E-state index contributed by atoms with van der Waals surface area (Å²) in [5.41, 5.74) is 0. The second kappa shape index (κ2) is 3.01. The van der Waals surface area contributed by atoms with E-state index in [1.165, 1.54) is 0 Å². The lowest BCUT2D eigenvalue weighted by molar-refractivity contribution is -0.261. The molecule has 0 aromatic rings. The highest BCUT2D eigenvalue weighted by molar-refractivity contribution is 7.92.